The summed E-state index contributed by atoms with van der Waals surface area (Å²) in [7, 11) is 1.69. The number of hydrogen-bond donors (Lipinski definition) is 5. The molecule has 88 heavy (non-hydrogen) atoms. The quantitative estimate of drug-likeness (QED) is 0.0321. The van der Waals surface area contributed by atoms with Gasteiger partial charge in [0.05, 0.1) is 66.2 Å². The van der Waals surface area contributed by atoms with Crippen LogP contribution in [0.3, 0.4) is 0 Å². The number of anilines is 2. The minimum Gasteiger partial charge on any atom is -0.508 e. The molecule has 0 aliphatic carbocycles. The molecule has 470 valence electrons. The highest BCUT2D eigenvalue weighted by atomic mass is 35.5. The summed E-state index contributed by atoms with van der Waals surface area (Å²) >= 11 is 8.47. The number of aromatic hydroxyl groups is 1. The van der Waals surface area contributed by atoms with Crippen molar-refractivity contribution in [2.45, 2.75) is 71.7 Å². The Labute approximate surface area is 521 Å². The molecule has 4 atom stereocenters. The van der Waals surface area contributed by atoms with Crippen LogP contribution in [0.2, 0.25) is 5.02 Å². The van der Waals surface area contributed by atoms with Gasteiger partial charge in [0.15, 0.2) is 5.82 Å². The lowest BCUT2D eigenvalue weighted by Crippen LogP contribution is -2.59. The number of amides is 5. The van der Waals surface area contributed by atoms with E-state index in [1.165, 1.54) is 17.0 Å². The number of hydrogen-bond acceptors (Lipinski definition) is 17. The smallest absolute Gasteiger partial charge is 0.246 e. The number of nitrogens with one attached hydrogen (secondary N) is 3. The van der Waals surface area contributed by atoms with E-state index < -0.39 is 35.3 Å². The Morgan fingerprint density at radius 3 is 2.31 bits per heavy atom. The standard InChI is InChI=1S/C64H80ClFN12O9S/c1-8-53(82)76-23-25-77(26-24-76)60-49-36-50(65)55(48-34-45(79)33-44-11-9-10-12-47(44)48)56(66)57(49)71-63(72-60)67-18-17-54(83)73(7)27-29-86-31-32-87-30-28-74-19-21-75(22-20-74)38-52(81)70-59(64(4,5)6)62(85)78-37-46(80)35-51(78)61(84)69-40(2)42-13-15-43(16-14-42)58-41(3)68-39-88-58/h8-16,33-34,36,39-40,46,51,59,79-80H,1,17-32,35,37-38H2,2-7H3,(H,69,84)(H,70,81)(H,67,71,72)/t40-,46+,51-,59+/m0/s1. The molecule has 24 heteroatoms. The number of phenols is 1. The molecule has 0 spiro atoms. The van der Waals surface area contributed by atoms with E-state index in [1.54, 1.807) is 40.3 Å². The predicted octanol–water partition coefficient (Wildman–Crippen LogP) is 6.50. The van der Waals surface area contributed by atoms with E-state index >= 15 is 4.39 Å². The normalized spacial score (nSPS) is 17.5. The van der Waals surface area contributed by atoms with Crippen molar-refractivity contribution in [3.8, 4) is 27.3 Å². The zero-order chi connectivity index (χ0) is 62.8. The number of likely N-dealkylation sites (N-methyl/N-ethyl adjacent to an activating group) is 1. The van der Waals surface area contributed by atoms with Crippen LogP contribution >= 0.6 is 22.9 Å². The molecule has 0 saturated carbocycles. The van der Waals surface area contributed by atoms with Gasteiger partial charge in [-0.3, -0.25) is 33.8 Å². The van der Waals surface area contributed by atoms with Crippen LogP contribution < -0.4 is 20.9 Å². The molecular weight excluding hydrogens is 1170 g/mol. The molecule has 21 nitrogen and oxygen atoms in total. The third-order valence-electron chi connectivity index (χ3n) is 16.5. The highest BCUT2D eigenvalue weighted by Gasteiger charge is 2.45. The first-order valence-corrected chi connectivity index (χ1v) is 31.2. The molecule has 0 radical (unpaired) electrons. The van der Waals surface area contributed by atoms with Gasteiger partial charge in [-0.1, -0.05) is 87.5 Å². The van der Waals surface area contributed by atoms with Crippen molar-refractivity contribution in [1.82, 2.24) is 50.1 Å². The predicted molar refractivity (Wildman–Crippen MR) is 340 cm³/mol. The molecule has 4 aromatic carbocycles. The Bertz CT molecular complexity index is 3480. The Balaban J connectivity index is 0.677. The van der Waals surface area contributed by atoms with Crippen LogP contribution in [-0.4, -0.2) is 216 Å². The molecule has 3 saturated heterocycles. The van der Waals surface area contributed by atoms with Crippen LogP contribution in [0.4, 0.5) is 16.2 Å². The lowest BCUT2D eigenvalue weighted by Gasteiger charge is -2.37. The monoisotopic (exact) mass is 1250 g/mol. The topological polar surface area (TPSA) is 238 Å². The molecule has 5 heterocycles. The third kappa shape index (κ3) is 15.9. The summed E-state index contributed by atoms with van der Waals surface area (Å²) in [6.45, 7) is 20.2. The summed E-state index contributed by atoms with van der Waals surface area (Å²) in [6, 6.07) is 17.8. The van der Waals surface area contributed by atoms with Crippen molar-refractivity contribution in [3.63, 3.8) is 0 Å². The van der Waals surface area contributed by atoms with E-state index in [4.69, 9.17) is 26.1 Å². The molecule has 2 aromatic heterocycles. The van der Waals surface area contributed by atoms with Gasteiger partial charge in [0.1, 0.15) is 29.2 Å². The van der Waals surface area contributed by atoms with Gasteiger partial charge in [0.2, 0.25) is 35.5 Å². The highest BCUT2D eigenvalue weighted by molar-refractivity contribution is 7.13. The number of halogens is 2. The van der Waals surface area contributed by atoms with Crippen LogP contribution in [0.5, 0.6) is 5.75 Å². The number of rotatable bonds is 24. The molecule has 0 bridgehead atoms. The van der Waals surface area contributed by atoms with Gasteiger partial charge in [0, 0.05) is 109 Å². The van der Waals surface area contributed by atoms with Gasteiger partial charge in [-0.25, -0.2) is 14.4 Å². The minimum atomic E-state index is -0.931. The Morgan fingerprint density at radius 1 is 0.909 bits per heavy atom. The fourth-order valence-corrected chi connectivity index (χ4v) is 12.5. The summed E-state index contributed by atoms with van der Waals surface area (Å²) < 4.78 is 28.7. The molecule has 3 aliphatic rings. The Hall–Kier alpha value is -7.38. The van der Waals surface area contributed by atoms with Gasteiger partial charge >= 0.3 is 0 Å². The van der Waals surface area contributed by atoms with Crippen LogP contribution in [0.15, 0.2) is 84.9 Å². The molecule has 3 fully saturated rings. The third-order valence-corrected chi connectivity index (χ3v) is 17.8. The number of aliphatic hydroxyl groups is 1. The van der Waals surface area contributed by atoms with Crippen molar-refractivity contribution < 1.29 is 48.0 Å². The number of β-amino-alcohol motifs (C(OH)–C–C–N with tert-alkyl or cyclic N) is 1. The zero-order valence-electron chi connectivity index (χ0n) is 50.9. The Morgan fingerprint density at radius 2 is 1.61 bits per heavy atom. The van der Waals surface area contributed by atoms with E-state index in [0.29, 0.717) is 106 Å². The van der Waals surface area contributed by atoms with E-state index in [-0.39, 0.29) is 89.9 Å². The van der Waals surface area contributed by atoms with Crippen LogP contribution in [0.1, 0.15) is 57.8 Å². The molecule has 5 amide bonds. The van der Waals surface area contributed by atoms with Gasteiger partial charge in [-0.05, 0) is 71.0 Å². The summed E-state index contributed by atoms with van der Waals surface area (Å²) in [5, 5.41) is 32.4. The van der Waals surface area contributed by atoms with Gasteiger partial charge in [-0.2, -0.15) is 4.98 Å². The number of ether oxygens (including phenoxy) is 2. The minimum absolute atomic E-state index is 0.00189. The lowest BCUT2D eigenvalue weighted by atomic mass is 9.85. The molecule has 5 N–H and O–H groups in total. The Kier molecular flexibility index (Phi) is 21.7. The maximum atomic E-state index is 17.0. The maximum Gasteiger partial charge on any atom is 0.246 e. The molecule has 0 unspecified atom stereocenters. The van der Waals surface area contributed by atoms with Gasteiger partial charge < -0.3 is 55.2 Å². The first-order valence-electron chi connectivity index (χ1n) is 29.9. The second-order valence-corrected chi connectivity index (χ2v) is 25.0. The molecule has 9 rings (SSSR count). The maximum absolute atomic E-state index is 17.0. The van der Waals surface area contributed by atoms with Gasteiger partial charge in [-0.15, -0.1) is 11.3 Å². The summed E-state index contributed by atoms with van der Waals surface area (Å²) in [5.41, 5.74) is 4.51. The summed E-state index contributed by atoms with van der Waals surface area (Å²) in [6.07, 6.45) is 0.578. The number of nitrogens with zero attached hydrogens (tertiary/aromatic N) is 9. The van der Waals surface area contributed by atoms with E-state index in [0.717, 1.165) is 34.8 Å². The fourth-order valence-electron chi connectivity index (χ4n) is 11.4. The molecule has 3 aliphatic heterocycles. The number of piperazine rings is 2. The van der Waals surface area contributed by atoms with E-state index in [1.807, 2.05) is 93.6 Å². The van der Waals surface area contributed by atoms with E-state index in [9.17, 15) is 34.2 Å². The largest absolute Gasteiger partial charge is 0.508 e. The molecular formula is C64H80ClFN12O9S. The van der Waals surface area contributed by atoms with Gasteiger partial charge in [0.25, 0.3) is 0 Å². The first-order chi connectivity index (χ1) is 42.2. The number of thiazole rings is 1. The number of benzene rings is 4. The van der Waals surface area contributed by atoms with Crippen molar-refractivity contribution >= 4 is 85.9 Å². The second kappa shape index (κ2) is 29.3. The summed E-state index contributed by atoms with van der Waals surface area (Å²) in [5.74, 6) is -1.61. The van der Waals surface area contributed by atoms with Crippen LogP contribution in [-0.2, 0) is 33.4 Å². The van der Waals surface area contributed by atoms with Crippen molar-refractivity contribution in [2.24, 2.45) is 5.41 Å². The SMILES string of the molecule is C=CC(=O)N1CCN(c2nc(NCCC(=O)N(C)CCOCCOCCN3CCN(CC(=O)N[C@H](C(=O)N4C[C@H](O)C[C@H]4C(=O)N[C@@H](C)c4ccc(-c5scnc5C)cc4)C(C)(C)C)CC3)nc3c(F)c(-c4cc(O)cc5ccccc45)c(Cl)cc23)CC1. The first kappa shape index (κ1) is 65.1. The lowest BCUT2D eigenvalue weighted by molar-refractivity contribution is -0.144. The van der Waals surface area contributed by atoms with E-state index in [2.05, 4.69) is 42.3 Å². The van der Waals surface area contributed by atoms with Crippen molar-refractivity contribution in [1.29, 1.82) is 0 Å². The number of fused-ring (bicyclic) bond motifs is 2. The van der Waals surface area contributed by atoms with Crippen LogP contribution in [0.25, 0.3) is 43.2 Å². The van der Waals surface area contributed by atoms with Crippen molar-refractivity contribution in [3.05, 3.63) is 107 Å². The number of likely N-dealkylation sites (tertiary alicyclic amines) is 1. The fraction of sp³-hybridized carbons (Fsp3) is 0.469. The average Bonchev–Trinajstić information content (AvgIpc) is 1.06. The van der Waals surface area contributed by atoms with Crippen LogP contribution in [0, 0.1) is 18.2 Å². The second-order valence-electron chi connectivity index (χ2n) is 23.8. The highest BCUT2D eigenvalue weighted by Crippen LogP contribution is 2.43. The summed E-state index contributed by atoms with van der Waals surface area (Å²) in [4.78, 5) is 93.1. The average molecular weight is 1250 g/mol. The number of phenolic OH excluding ortho intramolecular Hbond substituents is 1. The number of carbonyl (C=O) groups is 5. The number of aromatic nitrogens is 3. The zero-order valence-corrected chi connectivity index (χ0v) is 52.5. The van der Waals surface area contributed by atoms with Crippen molar-refractivity contribution in [2.75, 3.05) is 129 Å². The molecule has 6 aromatic rings. The number of aliphatic hydroxyl groups excluding tert-OH is 1. The number of aryl methyl sites for hydroxylation is 1. The number of carbonyl (C=O) groups excluding carboxylic acids is 5.